The number of nitrogens with one attached hydrogen (secondary N) is 2. The number of esters is 4. The van der Waals surface area contributed by atoms with Crippen molar-refractivity contribution in [1.29, 1.82) is 0 Å². The van der Waals surface area contributed by atoms with Crippen LogP contribution in [0.2, 0.25) is 0 Å². The first-order valence-corrected chi connectivity index (χ1v) is 46.0. The Morgan fingerprint density at radius 3 is 1.04 bits per heavy atom. The summed E-state index contributed by atoms with van der Waals surface area (Å²) < 4.78 is 71.5. The molecule has 25 nitrogen and oxygen atoms in total. The van der Waals surface area contributed by atoms with Gasteiger partial charge in [-0.05, 0) is 97.1 Å². The Morgan fingerprint density at radius 1 is 0.398 bits per heavy atom. The van der Waals surface area contributed by atoms with E-state index in [-0.39, 0.29) is 32.1 Å². The maximum absolute atomic E-state index is 14.7. The molecule has 1 saturated heterocycles. The van der Waals surface area contributed by atoms with Gasteiger partial charge in [0, 0.05) is 19.3 Å². The number of aliphatic hydroxyl groups is 1. The molecule has 0 saturated carbocycles. The van der Waals surface area contributed by atoms with Crippen molar-refractivity contribution in [2.75, 3.05) is 59.1 Å². The van der Waals surface area contributed by atoms with Crippen LogP contribution in [-0.4, -0.2) is 184 Å². The normalized spacial score (nSPS) is 17.0. The van der Waals surface area contributed by atoms with Crippen LogP contribution in [0.1, 0.15) is 372 Å². The van der Waals surface area contributed by atoms with E-state index in [4.69, 9.17) is 37.5 Å². The molecule has 27 heteroatoms. The molecule has 1 aliphatic rings. The van der Waals surface area contributed by atoms with E-state index < -0.39 is 139 Å². The highest BCUT2D eigenvalue weighted by Gasteiger charge is 2.52. The number of unbranched alkanes of at least 4 members (excludes halogenated alkanes) is 30. The Labute approximate surface area is 655 Å². The standard InChI is InChI=1S/C69H130N2O21P2.2C6H15N/c1-7-13-19-22-25-28-31-34-40-43-56(87-62(75)46-37-16-10-4)49-60(73)70-55(54-86-93(79,80)81)53-85-69-66(71-61(74)50-57(88-63(76)47-38-17-11-5)44-41-35-32-29-26-23-20-14-8-2)68(67(59(52-72)90-69)92-94(82,83)84)91-65(78)51-58(89-64(77)48-39-18-12-6)45-42-36-33-30-27-24-21-15-9-3;2*1-4-7(5-2)6-3/h55-59,66-69,72H,7-54H2,1-6H3,(H,70,73)(H,71,74)(H2,79,80,81)(H2,82,83,84);2*4-6H2,1-3H3/t55-,56+,57+,58+,59+,66+,67+,68+,69+;;/m0../s1. The molecule has 0 aromatic carbocycles. The average Bonchev–Trinajstić information content (AvgIpc) is 0.780. The molecule has 0 aromatic rings. The van der Waals surface area contributed by atoms with E-state index in [1.165, 1.54) is 77.8 Å². The molecular formula is C81H160N4O21P2. The van der Waals surface area contributed by atoms with E-state index in [9.17, 15) is 62.6 Å². The SMILES string of the molecule is CCCCCCCCCCC[C@H](CC(=O)N[C@@H](CO[C@@H]1O[C@H](CO)[C@@H](OP(=O)(O)O)[C@H](OC(=O)C[C@@H](CCCCCCCCCCC)OC(=O)CCCCC)[C@H]1NC(=O)C[C@@H](CCCCCCCCCCC)OC(=O)CCCCC)COP(=O)(O)O)OC(=O)CCCCC.CCN(CC)CC.CCN(CC)CC. The molecule has 0 bridgehead atoms. The van der Waals surface area contributed by atoms with Gasteiger partial charge in [-0.3, -0.25) is 37.8 Å². The zero-order valence-electron chi connectivity index (χ0n) is 69.9. The fourth-order valence-electron chi connectivity index (χ4n) is 12.9. The van der Waals surface area contributed by atoms with Crippen molar-refractivity contribution in [1.82, 2.24) is 20.4 Å². The number of hydrogen-bond donors (Lipinski definition) is 7. The van der Waals surface area contributed by atoms with Crippen LogP contribution in [0.3, 0.4) is 0 Å². The molecule has 1 heterocycles. The number of ether oxygens (including phenoxy) is 6. The fraction of sp³-hybridized carbons (Fsp3) is 0.926. The van der Waals surface area contributed by atoms with Crippen molar-refractivity contribution in [2.45, 2.75) is 427 Å². The second-order valence-electron chi connectivity index (χ2n) is 29.1. The minimum Gasteiger partial charge on any atom is -0.462 e. The summed E-state index contributed by atoms with van der Waals surface area (Å²) in [6.07, 6.45) is 23.6. The predicted molar refractivity (Wildman–Crippen MR) is 429 cm³/mol. The predicted octanol–water partition coefficient (Wildman–Crippen LogP) is 17.3. The van der Waals surface area contributed by atoms with Gasteiger partial charge in [-0.25, -0.2) is 9.13 Å². The second-order valence-corrected chi connectivity index (χ2v) is 31.6. The largest absolute Gasteiger partial charge is 0.470 e. The van der Waals surface area contributed by atoms with Gasteiger partial charge in [0.1, 0.15) is 36.6 Å². The fourth-order valence-corrected chi connectivity index (χ4v) is 13.9. The van der Waals surface area contributed by atoms with E-state index in [1.807, 2.05) is 20.8 Å². The molecule has 1 fully saturated rings. The Morgan fingerprint density at radius 2 is 0.722 bits per heavy atom. The molecular weight excluding hydrogens is 1430 g/mol. The third kappa shape index (κ3) is 62.3. The number of rotatable bonds is 69. The van der Waals surface area contributed by atoms with Gasteiger partial charge in [-0.1, -0.05) is 276 Å². The third-order valence-corrected chi connectivity index (χ3v) is 20.6. The summed E-state index contributed by atoms with van der Waals surface area (Å²) >= 11 is 0. The van der Waals surface area contributed by atoms with Gasteiger partial charge >= 0.3 is 39.5 Å². The van der Waals surface area contributed by atoms with E-state index in [1.54, 1.807) is 0 Å². The minimum atomic E-state index is -5.57. The topological polar surface area (TPSA) is 342 Å². The molecule has 7 N–H and O–H groups in total. The number of phosphoric acid groups is 2. The lowest BCUT2D eigenvalue weighted by Crippen LogP contribution is -2.66. The summed E-state index contributed by atoms with van der Waals surface area (Å²) in [5, 5.41) is 16.3. The quantitative estimate of drug-likeness (QED) is 0.0129. The molecule has 0 aliphatic carbocycles. The number of carbonyl (C=O) groups excluding carboxylic acids is 6. The summed E-state index contributed by atoms with van der Waals surface area (Å²) in [7, 11) is -10.8. The summed E-state index contributed by atoms with van der Waals surface area (Å²) in [6.45, 7) is 30.1. The molecule has 108 heavy (non-hydrogen) atoms. The van der Waals surface area contributed by atoms with E-state index in [0.717, 1.165) is 154 Å². The zero-order valence-corrected chi connectivity index (χ0v) is 71.7. The van der Waals surface area contributed by atoms with Gasteiger partial charge in [0.15, 0.2) is 12.4 Å². The second kappa shape index (κ2) is 71.6. The van der Waals surface area contributed by atoms with Crippen LogP contribution in [-0.2, 0) is 75.4 Å². The highest BCUT2D eigenvalue weighted by atomic mass is 31.2. The third-order valence-electron chi connectivity index (χ3n) is 19.6. The number of amides is 2. The smallest absolute Gasteiger partial charge is 0.462 e. The lowest BCUT2D eigenvalue weighted by Gasteiger charge is -2.45. The van der Waals surface area contributed by atoms with Crippen molar-refractivity contribution in [3.63, 3.8) is 0 Å². The first-order valence-electron chi connectivity index (χ1n) is 42.9. The monoisotopic (exact) mass is 1590 g/mol. The number of aliphatic hydroxyl groups excluding tert-OH is 1. The molecule has 640 valence electrons. The molecule has 1 rings (SSSR count). The van der Waals surface area contributed by atoms with Crippen molar-refractivity contribution in [3.8, 4) is 0 Å². The van der Waals surface area contributed by atoms with Crippen LogP contribution in [0.15, 0.2) is 0 Å². The highest BCUT2D eigenvalue weighted by molar-refractivity contribution is 7.46. The maximum Gasteiger partial charge on any atom is 0.470 e. The summed E-state index contributed by atoms with van der Waals surface area (Å²) in [5.74, 6) is -4.08. The van der Waals surface area contributed by atoms with Crippen molar-refractivity contribution >= 4 is 51.3 Å². The Balaban J connectivity index is 0. The van der Waals surface area contributed by atoms with Gasteiger partial charge < -0.3 is 73.5 Å². The van der Waals surface area contributed by atoms with Crippen LogP contribution in [0.25, 0.3) is 0 Å². The first-order chi connectivity index (χ1) is 51.8. The van der Waals surface area contributed by atoms with E-state index in [0.29, 0.717) is 51.4 Å². The Hall–Kier alpha value is -3.16. The molecule has 0 spiro atoms. The average molecular weight is 1590 g/mol. The number of carbonyl (C=O) groups is 6. The molecule has 0 radical (unpaired) electrons. The Kier molecular flexibility index (Phi) is 70.9. The summed E-state index contributed by atoms with van der Waals surface area (Å²) in [5.41, 5.74) is 0. The van der Waals surface area contributed by atoms with Crippen molar-refractivity contribution in [3.05, 3.63) is 0 Å². The first kappa shape index (κ1) is 107. The maximum atomic E-state index is 14.7. The van der Waals surface area contributed by atoms with Gasteiger partial charge in [-0.2, -0.15) is 0 Å². The van der Waals surface area contributed by atoms with Crippen LogP contribution in [0.4, 0.5) is 0 Å². The van der Waals surface area contributed by atoms with Crippen LogP contribution in [0, 0.1) is 0 Å². The number of phosphoric ester groups is 2. The molecule has 0 aromatic heterocycles. The van der Waals surface area contributed by atoms with Gasteiger partial charge in [0.25, 0.3) is 0 Å². The summed E-state index contributed by atoms with van der Waals surface area (Å²) in [4.78, 5) is 128. The number of hydrogen-bond acceptors (Lipinski definition) is 19. The van der Waals surface area contributed by atoms with E-state index >= 15 is 0 Å². The van der Waals surface area contributed by atoms with Crippen molar-refractivity contribution in [2.24, 2.45) is 0 Å². The minimum absolute atomic E-state index is 0.0992. The van der Waals surface area contributed by atoms with Gasteiger partial charge in [0.2, 0.25) is 11.8 Å². The molecule has 9 atom stereocenters. The summed E-state index contributed by atoms with van der Waals surface area (Å²) in [6, 6.07) is -3.21. The van der Waals surface area contributed by atoms with Crippen LogP contribution in [0.5, 0.6) is 0 Å². The number of nitrogens with zero attached hydrogens (tertiary/aromatic N) is 2. The van der Waals surface area contributed by atoms with Gasteiger partial charge in [-0.15, -0.1) is 0 Å². The molecule has 0 unspecified atom stereocenters. The highest BCUT2D eigenvalue weighted by Crippen LogP contribution is 2.43. The lowest BCUT2D eigenvalue weighted by molar-refractivity contribution is -0.272. The lowest BCUT2D eigenvalue weighted by atomic mass is 9.95. The van der Waals surface area contributed by atoms with Crippen LogP contribution < -0.4 is 10.6 Å². The molecule has 2 amide bonds. The zero-order chi connectivity index (χ0) is 81.1. The molecule has 1 aliphatic heterocycles. The van der Waals surface area contributed by atoms with Gasteiger partial charge in [0.05, 0.1) is 45.1 Å². The van der Waals surface area contributed by atoms with E-state index in [2.05, 4.69) is 82.7 Å². The van der Waals surface area contributed by atoms with Crippen LogP contribution >= 0.6 is 15.6 Å². The van der Waals surface area contributed by atoms with Crippen molar-refractivity contribution < 1.29 is 100 Å². The Bertz CT molecular complexity index is 2260.